The first kappa shape index (κ1) is 23.5. The maximum atomic E-state index is 13.8. The van der Waals surface area contributed by atoms with Crippen LogP contribution >= 0.6 is 0 Å². The lowest BCUT2D eigenvalue weighted by Gasteiger charge is -2.62. The number of aliphatic hydroxyl groups is 1. The lowest BCUT2D eigenvalue weighted by Crippen LogP contribution is -3.21. The Morgan fingerprint density at radius 3 is 2.70 bits per heavy atom. The third-order valence-corrected chi connectivity index (χ3v) is 10.3. The third kappa shape index (κ3) is 3.14. The lowest BCUT2D eigenvalue weighted by atomic mass is 9.48. The predicted molar refractivity (Wildman–Crippen MR) is 137 cm³/mol. The Morgan fingerprint density at radius 1 is 1.19 bits per heavy atom. The number of piperidine rings is 1. The molecule has 5 aliphatic rings. The molecule has 3 N–H and O–H groups in total. The Morgan fingerprint density at radius 2 is 1.97 bits per heavy atom. The van der Waals surface area contributed by atoms with Gasteiger partial charge in [0.15, 0.2) is 17.6 Å². The van der Waals surface area contributed by atoms with E-state index in [9.17, 15) is 15.0 Å². The van der Waals surface area contributed by atoms with Crippen molar-refractivity contribution < 1.29 is 29.4 Å². The van der Waals surface area contributed by atoms with E-state index in [1.54, 1.807) is 18.1 Å². The van der Waals surface area contributed by atoms with Crippen LogP contribution in [0.1, 0.15) is 54.9 Å². The summed E-state index contributed by atoms with van der Waals surface area (Å²) < 4.78 is 12.3. The number of aromatic hydroxyl groups is 1. The summed E-state index contributed by atoms with van der Waals surface area (Å²) in [7, 11) is 3.40. The normalized spacial score (nSPS) is 35.9. The third-order valence-electron chi connectivity index (χ3n) is 10.3. The predicted octanol–water partition coefficient (Wildman–Crippen LogP) is 1.75. The van der Waals surface area contributed by atoms with Gasteiger partial charge >= 0.3 is 0 Å². The molecule has 2 heterocycles. The molecule has 0 aromatic heterocycles. The van der Waals surface area contributed by atoms with Crippen molar-refractivity contribution >= 4 is 5.91 Å². The van der Waals surface area contributed by atoms with Crippen molar-refractivity contribution in [2.75, 3.05) is 27.2 Å². The highest BCUT2D eigenvalue weighted by Crippen LogP contribution is 2.64. The number of quaternary nitrogens is 1. The highest BCUT2D eigenvalue weighted by molar-refractivity contribution is 5.82. The van der Waals surface area contributed by atoms with E-state index in [1.165, 1.54) is 23.3 Å². The Balaban J connectivity index is 1.29. The molecule has 2 aromatic rings. The first-order chi connectivity index (χ1) is 17.9. The van der Waals surface area contributed by atoms with E-state index in [0.717, 1.165) is 43.0 Å². The molecule has 7 atom stereocenters. The molecule has 2 aromatic carbocycles. The summed E-state index contributed by atoms with van der Waals surface area (Å²) in [6.07, 6.45) is 4.34. The first-order valence-corrected chi connectivity index (χ1v) is 13.8. The molecule has 2 unspecified atom stereocenters. The number of hydrogen-bond donors (Lipinski definition) is 3. The van der Waals surface area contributed by atoms with Crippen molar-refractivity contribution in [3.63, 3.8) is 0 Å². The number of carbonyl (C=O) groups excluding carboxylic acids is 1. The number of hydrogen-bond acceptors (Lipinski definition) is 5. The minimum Gasteiger partial charge on any atom is -0.504 e. The van der Waals surface area contributed by atoms with Gasteiger partial charge < -0.3 is 29.5 Å². The second-order valence-electron chi connectivity index (χ2n) is 12.0. The molecule has 3 fully saturated rings. The fraction of sp³-hybridized carbons (Fsp3) is 0.567. The summed E-state index contributed by atoms with van der Waals surface area (Å²) in [5, 5.41) is 23.5. The van der Waals surface area contributed by atoms with Crippen molar-refractivity contribution in [2.24, 2.45) is 5.92 Å². The topological polar surface area (TPSA) is 83.7 Å². The minimum atomic E-state index is -0.924. The minimum absolute atomic E-state index is 0.106. The number of carbonyl (C=O) groups is 1. The number of nitrogens with one attached hydrogen (secondary N) is 1. The number of methoxy groups -OCH3 is 1. The Labute approximate surface area is 218 Å². The van der Waals surface area contributed by atoms with E-state index in [0.29, 0.717) is 18.6 Å². The second kappa shape index (κ2) is 8.19. The van der Waals surface area contributed by atoms with Crippen LogP contribution in [0.15, 0.2) is 42.5 Å². The van der Waals surface area contributed by atoms with Crippen molar-refractivity contribution in [3.05, 3.63) is 59.2 Å². The maximum Gasteiger partial charge on any atom is 0.256 e. The number of benzene rings is 2. The number of nitrogens with zero attached hydrogens (tertiary/aromatic N) is 1. The molecule has 1 saturated heterocycles. The molecular formula is C30H37N2O5+. The van der Waals surface area contributed by atoms with Gasteiger partial charge in [-0.25, -0.2) is 0 Å². The van der Waals surface area contributed by atoms with Crippen molar-refractivity contribution in [1.82, 2.24) is 4.90 Å². The number of ether oxygens (including phenoxy) is 2. The summed E-state index contributed by atoms with van der Waals surface area (Å²) in [6.45, 7) is 2.11. The summed E-state index contributed by atoms with van der Waals surface area (Å²) >= 11 is 0. The zero-order chi connectivity index (χ0) is 25.5. The van der Waals surface area contributed by atoms with Gasteiger partial charge in [-0.1, -0.05) is 36.4 Å². The number of likely N-dealkylation sites (tertiary alicyclic amines) is 1. The van der Waals surface area contributed by atoms with Gasteiger partial charge in [0, 0.05) is 38.5 Å². The smallest absolute Gasteiger partial charge is 0.256 e. The average Bonchev–Trinajstić information content (AvgIpc) is 3.65. The van der Waals surface area contributed by atoms with Crippen LogP contribution in [-0.4, -0.2) is 72.1 Å². The highest BCUT2D eigenvalue weighted by atomic mass is 16.5. The fourth-order valence-corrected chi connectivity index (χ4v) is 8.43. The standard InChI is InChI=1S/C30H36N2O5/c1-31(28(34)25(36-2)19-6-4-3-5-7-19)21-12-13-30(35)23-16-20-10-11-22(33)26-24(20)29(30,27(21)37-26)14-15-32(23)17-18-8-9-18/h3-7,10-11,18,21,23,25,27,33,35H,8-9,12-17H2,1-2H3/p+1/t21-,23+,25+,27-,29-,30?/m0/s1. The van der Waals surface area contributed by atoms with Crippen molar-refractivity contribution in [2.45, 2.75) is 73.8 Å². The van der Waals surface area contributed by atoms with Gasteiger partial charge in [-0.05, 0) is 42.9 Å². The molecule has 7 heteroatoms. The molecule has 1 spiro atoms. The maximum absolute atomic E-state index is 13.8. The van der Waals surface area contributed by atoms with Gasteiger partial charge in [0.2, 0.25) is 0 Å². The van der Waals surface area contributed by atoms with E-state index in [-0.39, 0.29) is 23.7 Å². The molecule has 2 aliphatic heterocycles. The van der Waals surface area contributed by atoms with E-state index in [1.807, 2.05) is 43.4 Å². The summed E-state index contributed by atoms with van der Waals surface area (Å²) in [5.74, 6) is 1.31. The Bertz CT molecular complexity index is 1230. The van der Waals surface area contributed by atoms with Gasteiger partial charge in [-0.3, -0.25) is 4.79 Å². The van der Waals surface area contributed by atoms with Crippen LogP contribution < -0.4 is 9.64 Å². The van der Waals surface area contributed by atoms with Crippen LogP contribution in [0.2, 0.25) is 0 Å². The van der Waals surface area contributed by atoms with Gasteiger partial charge in [-0.2, -0.15) is 0 Å². The van der Waals surface area contributed by atoms with Gasteiger partial charge in [0.1, 0.15) is 17.7 Å². The zero-order valence-electron chi connectivity index (χ0n) is 21.7. The van der Waals surface area contributed by atoms with E-state index >= 15 is 0 Å². The second-order valence-corrected chi connectivity index (χ2v) is 12.0. The summed E-state index contributed by atoms with van der Waals surface area (Å²) in [5.41, 5.74) is 1.45. The Kier molecular flexibility index (Phi) is 5.20. The van der Waals surface area contributed by atoms with Crippen LogP contribution in [0.5, 0.6) is 11.5 Å². The van der Waals surface area contributed by atoms with Crippen molar-refractivity contribution in [3.8, 4) is 11.5 Å². The van der Waals surface area contributed by atoms with Crippen LogP contribution in [-0.2, 0) is 21.4 Å². The molecule has 2 bridgehead atoms. The van der Waals surface area contributed by atoms with Crippen LogP contribution in [0.4, 0.5) is 0 Å². The van der Waals surface area contributed by atoms with E-state index in [4.69, 9.17) is 9.47 Å². The largest absolute Gasteiger partial charge is 0.504 e. The number of rotatable bonds is 6. The lowest BCUT2D eigenvalue weighted by molar-refractivity contribution is -0.944. The quantitative estimate of drug-likeness (QED) is 0.557. The highest BCUT2D eigenvalue weighted by Gasteiger charge is 2.75. The van der Waals surface area contributed by atoms with Gasteiger partial charge in [0.05, 0.1) is 24.5 Å². The van der Waals surface area contributed by atoms with Crippen LogP contribution in [0, 0.1) is 5.92 Å². The van der Waals surface area contributed by atoms with Crippen LogP contribution in [0.25, 0.3) is 0 Å². The number of phenolic OH excluding ortho intramolecular Hbond substituents is 1. The first-order valence-electron chi connectivity index (χ1n) is 13.8. The molecule has 1 amide bonds. The zero-order valence-corrected chi connectivity index (χ0v) is 21.7. The molecule has 0 radical (unpaired) electrons. The van der Waals surface area contributed by atoms with Crippen LogP contribution in [0.3, 0.4) is 0 Å². The molecule has 7 nitrogen and oxygen atoms in total. The molecule has 37 heavy (non-hydrogen) atoms. The number of amides is 1. The Hall–Kier alpha value is -2.61. The molecule has 7 rings (SSSR count). The summed E-state index contributed by atoms with van der Waals surface area (Å²) in [4.78, 5) is 17.1. The SMILES string of the molecule is CO[C@@H](C(=O)N(C)[C@H]1CCC2(O)[C@H]3Cc4ccc(O)c5c4[C@@]2(CC[NH+]3CC2CC2)[C@H]1O5)c1ccccc1. The average molecular weight is 506 g/mol. The summed E-state index contributed by atoms with van der Waals surface area (Å²) in [6, 6.07) is 13.2. The van der Waals surface area contributed by atoms with Gasteiger partial charge in [-0.15, -0.1) is 0 Å². The molecule has 2 saturated carbocycles. The van der Waals surface area contributed by atoms with E-state index in [2.05, 4.69) is 0 Å². The fourth-order valence-electron chi connectivity index (χ4n) is 8.43. The van der Waals surface area contributed by atoms with Gasteiger partial charge in [0.25, 0.3) is 5.91 Å². The monoisotopic (exact) mass is 505 g/mol. The number of likely N-dealkylation sites (N-methyl/N-ethyl adjacent to an activating group) is 1. The number of phenols is 1. The molecular weight excluding hydrogens is 468 g/mol. The van der Waals surface area contributed by atoms with Crippen molar-refractivity contribution in [1.29, 1.82) is 0 Å². The molecule has 196 valence electrons. The van der Waals surface area contributed by atoms with E-state index < -0.39 is 23.2 Å². The molecule has 3 aliphatic carbocycles.